The zero-order valence-corrected chi connectivity index (χ0v) is 8.73. The predicted octanol–water partition coefficient (Wildman–Crippen LogP) is 4.24. The van der Waals surface area contributed by atoms with Crippen LogP contribution in [0.15, 0.2) is 30.9 Å². The Morgan fingerprint density at radius 2 is 2.15 bits per heavy atom. The first-order valence-corrected chi connectivity index (χ1v) is 4.62. The molecule has 0 heterocycles. The third kappa shape index (κ3) is 2.22. The molecule has 0 bridgehead atoms. The monoisotopic (exact) mass is 192 g/mol. The fourth-order valence-electron chi connectivity index (χ4n) is 1.21. The molecule has 1 aromatic rings. The summed E-state index contributed by atoms with van der Waals surface area (Å²) in [5, 5.41) is 0.776. The van der Waals surface area contributed by atoms with E-state index >= 15 is 0 Å². The van der Waals surface area contributed by atoms with Gasteiger partial charge in [0, 0.05) is 10.6 Å². The van der Waals surface area contributed by atoms with E-state index in [9.17, 15) is 0 Å². The Morgan fingerprint density at radius 1 is 1.46 bits per heavy atom. The van der Waals surface area contributed by atoms with Gasteiger partial charge in [-0.15, -0.1) is 0 Å². The summed E-state index contributed by atoms with van der Waals surface area (Å²) >= 11 is 6.06. The van der Waals surface area contributed by atoms with Crippen molar-refractivity contribution in [3.63, 3.8) is 0 Å². The van der Waals surface area contributed by atoms with E-state index in [1.807, 2.05) is 25.1 Å². The Kier molecular flexibility index (Phi) is 3.32. The number of benzene rings is 1. The van der Waals surface area contributed by atoms with E-state index in [-0.39, 0.29) is 0 Å². The van der Waals surface area contributed by atoms with Crippen LogP contribution in [0.5, 0.6) is 0 Å². The van der Waals surface area contributed by atoms with Crippen molar-refractivity contribution in [1.82, 2.24) is 0 Å². The van der Waals surface area contributed by atoms with Crippen LogP contribution in [0, 0.1) is 6.92 Å². The van der Waals surface area contributed by atoms with Crippen molar-refractivity contribution in [2.45, 2.75) is 13.8 Å². The Hall–Kier alpha value is -1.01. The Balaban J connectivity index is 3.31. The maximum Gasteiger partial charge on any atom is 0.0441 e. The van der Waals surface area contributed by atoms with Crippen LogP contribution >= 0.6 is 11.6 Å². The molecule has 68 valence electrons. The van der Waals surface area contributed by atoms with Gasteiger partial charge in [-0.3, -0.25) is 0 Å². The Bertz CT molecular complexity index is 348. The van der Waals surface area contributed by atoms with Gasteiger partial charge in [-0.2, -0.15) is 0 Å². The third-order valence-electron chi connectivity index (χ3n) is 1.94. The molecule has 0 amide bonds. The minimum Gasteiger partial charge on any atom is -0.0984 e. The van der Waals surface area contributed by atoms with Crippen molar-refractivity contribution in [3.8, 4) is 0 Å². The van der Waals surface area contributed by atoms with Crippen molar-refractivity contribution < 1.29 is 0 Å². The van der Waals surface area contributed by atoms with Crippen LogP contribution in [0.1, 0.15) is 23.6 Å². The number of allylic oxidation sites excluding steroid dienone is 1. The molecular weight excluding hydrogens is 180 g/mol. The lowest BCUT2D eigenvalue weighted by atomic mass is 10.0. The van der Waals surface area contributed by atoms with Gasteiger partial charge < -0.3 is 0 Å². The summed E-state index contributed by atoms with van der Waals surface area (Å²) < 4.78 is 0. The minimum absolute atomic E-state index is 0.776. The molecule has 0 saturated heterocycles. The third-order valence-corrected chi connectivity index (χ3v) is 2.36. The lowest BCUT2D eigenvalue weighted by molar-refractivity contribution is 1.44. The number of halogens is 1. The van der Waals surface area contributed by atoms with E-state index in [1.165, 1.54) is 5.56 Å². The molecule has 0 aliphatic carbocycles. The van der Waals surface area contributed by atoms with Crippen LogP contribution < -0.4 is 0 Å². The smallest absolute Gasteiger partial charge is 0.0441 e. The minimum atomic E-state index is 0.776. The van der Waals surface area contributed by atoms with E-state index < -0.39 is 0 Å². The van der Waals surface area contributed by atoms with Gasteiger partial charge in [-0.1, -0.05) is 48.0 Å². The van der Waals surface area contributed by atoms with Gasteiger partial charge in [-0.25, -0.2) is 0 Å². The van der Waals surface area contributed by atoms with Gasteiger partial charge in [0.15, 0.2) is 0 Å². The molecule has 0 unspecified atom stereocenters. The number of aryl methyl sites for hydroxylation is 1. The lowest BCUT2D eigenvalue weighted by Crippen LogP contribution is -1.85. The summed E-state index contributed by atoms with van der Waals surface area (Å²) in [6.07, 6.45) is 3.71. The van der Waals surface area contributed by atoms with Gasteiger partial charge in [0.05, 0.1) is 0 Å². The van der Waals surface area contributed by atoms with E-state index in [4.69, 9.17) is 11.6 Å². The standard InChI is InChI=1S/C12H13Cl/c1-4-10-7-6-9(3)8-11(10)12(13)5-2/h4-8H,1H2,2-3H3/b12-5+. The average Bonchev–Trinajstić information content (AvgIpc) is 2.16. The number of rotatable bonds is 2. The average molecular weight is 193 g/mol. The Labute approximate surface area is 84.5 Å². The van der Waals surface area contributed by atoms with Gasteiger partial charge in [0.2, 0.25) is 0 Å². The first kappa shape index (κ1) is 10.1. The molecule has 0 aliphatic rings. The highest BCUT2D eigenvalue weighted by atomic mass is 35.5. The summed E-state index contributed by atoms with van der Waals surface area (Å²) in [6.45, 7) is 7.73. The summed E-state index contributed by atoms with van der Waals surface area (Å²) in [7, 11) is 0. The molecule has 0 nitrogen and oxygen atoms in total. The summed E-state index contributed by atoms with van der Waals surface area (Å²) in [5.41, 5.74) is 3.34. The topological polar surface area (TPSA) is 0 Å². The predicted molar refractivity (Wildman–Crippen MR) is 60.8 cm³/mol. The molecule has 1 aromatic carbocycles. The van der Waals surface area contributed by atoms with E-state index in [0.29, 0.717) is 0 Å². The zero-order valence-electron chi connectivity index (χ0n) is 7.97. The van der Waals surface area contributed by atoms with Crippen molar-refractivity contribution in [3.05, 3.63) is 47.5 Å². The fraction of sp³-hybridized carbons (Fsp3) is 0.167. The summed E-state index contributed by atoms with van der Waals surface area (Å²) in [4.78, 5) is 0. The molecule has 0 saturated carbocycles. The Morgan fingerprint density at radius 3 is 2.69 bits per heavy atom. The summed E-state index contributed by atoms with van der Waals surface area (Å²) in [6, 6.07) is 6.16. The summed E-state index contributed by atoms with van der Waals surface area (Å²) in [5.74, 6) is 0. The maximum atomic E-state index is 6.06. The van der Waals surface area contributed by atoms with Gasteiger partial charge in [-0.05, 0) is 25.5 Å². The highest BCUT2D eigenvalue weighted by molar-refractivity contribution is 6.49. The highest BCUT2D eigenvalue weighted by Crippen LogP contribution is 2.24. The van der Waals surface area contributed by atoms with Crippen molar-refractivity contribution in [2.24, 2.45) is 0 Å². The van der Waals surface area contributed by atoms with Crippen LogP contribution in [0.2, 0.25) is 0 Å². The molecule has 1 rings (SSSR count). The lowest BCUT2D eigenvalue weighted by Gasteiger charge is -2.05. The molecule has 0 aliphatic heterocycles. The van der Waals surface area contributed by atoms with Crippen molar-refractivity contribution >= 4 is 22.7 Å². The fourth-order valence-corrected chi connectivity index (χ4v) is 1.37. The van der Waals surface area contributed by atoms with E-state index in [1.54, 1.807) is 0 Å². The SMILES string of the molecule is C=Cc1ccc(C)cc1/C(Cl)=C\C. The first-order valence-electron chi connectivity index (χ1n) is 4.24. The second kappa shape index (κ2) is 4.29. The van der Waals surface area contributed by atoms with Crippen molar-refractivity contribution in [1.29, 1.82) is 0 Å². The molecule has 13 heavy (non-hydrogen) atoms. The van der Waals surface area contributed by atoms with Crippen LogP contribution in [-0.2, 0) is 0 Å². The molecule has 0 fully saturated rings. The first-order chi connectivity index (χ1) is 6.19. The van der Waals surface area contributed by atoms with Gasteiger partial charge >= 0.3 is 0 Å². The zero-order chi connectivity index (χ0) is 9.84. The normalized spacial score (nSPS) is 11.5. The van der Waals surface area contributed by atoms with Crippen LogP contribution in [0.4, 0.5) is 0 Å². The molecule has 0 atom stereocenters. The second-order valence-electron chi connectivity index (χ2n) is 2.93. The molecular formula is C12H13Cl. The van der Waals surface area contributed by atoms with E-state index in [2.05, 4.69) is 25.6 Å². The molecule has 0 spiro atoms. The highest BCUT2D eigenvalue weighted by Gasteiger charge is 2.02. The molecule has 0 aromatic heterocycles. The maximum absolute atomic E-state index is 6.06. The van der Waals surface area contributed by atoms with Crippen LogP contribution in [-0.4, -0.2) is 0 Å². The van der Waals surface area contributed by atoms with Crippen LogP contribution in [0.25, 0.3) is 11.1 Å². The van der Waals surface area contributed by atoms with Gasteiger partial charge in [0.25, 0.3) is 0 Å². The largest absolute Gasteiger partial charge is 0.0984 e. The molecule has 1 heteroatoms. The van der Waals surface area contributed by atoms with E-state index in [0.717, 1.165) is 16.2 Å². The van der Waals surface area contributed by atoms with Gasteiger partial charge in [0.1, 0.15) is 0 Å². The number of hydrogen-bond donors (Lipinski definition) is 0. The number of hydrogen-bond acceptors (Lipinski definition) is 0. The molecule has 0 N–H and O–H groups in total. The second-order valence-corrected chi connectivity index (χ2v) is 3.34. The van der Waals surface area contributed by atoms with Crippen LogP contribution in [0.3, 0.4) is 0 Å². The quantitative estimate of drug-likeness (QED) is 0.658. The van der Waals surface area contributed by atoms with Crippen molar-refractivity contribution in [2.75, 3.05) is 0 Å². The molecule has 0 radical (unpaired) electrons.